The molecule has 1 aliphatic heterocycles. The first-order valence-corrected chi connectivity index (χ1v) is 10.6. The number of para-hydroxylation sites is 1. The van der Waals surface area contributed by atoms with E-state index in [4.69, 9.17) is 14.5 Å². The minimum atomic E-state index is 0.0684. The molecule has 2 aromatic rings. The number of benzene rings is 2. The van der Waals surface area contributed by atoms with Crippen LogP contribution in [0.4, 0.5) is 0 Å². The molecule has 5 nitrogen and oxygen atoms in total. The molecular formula is C24H33N3O2. The minimum absolute atomic E-state index is 0.0684. The summed E-state index contributed by atoms with van der Waals surface area (Å²) in [5.74, 6) is 1.74. The predicted molar refractivity (Wildman–Crippen MR) is 119 cm³/mol. The van der Waals surface area contributed by atoms with Gasteiger partial charge in [0, 0.05) is 37.3 Å². The molecule has 3 rings (SSSR count). The number of aliphatic imine (C=N–C) groups is 1. The van der Waals surface area contributed by atoms with Gasteiger partial charge in [-0.15, -0.1) is 0 Å². The third-order valence-corrected chi connectivity index (χ3v) is 5.45. The fourth-order valence-electron chi connectivity index (χ4n) is 3.81. The van der Waals surface area contributed by atoms with Crippen LogP contribution in [0.2, 0.25) is 0 Å². The third-order valence-electron chi connectivity index (χ3n) is 5.45. The van der Waals surface area contributed by atoms with Crippen molar-refractivity contribution in [1.29, 1.82) is 0 Å². The fraction of sp³-hybridized carbons (Fsp3) is 0.458. The summed E-state index contributed by atoms with van der Waals surface area (Å²) in [6, 6.07) is 18.9. The van der Waals surface area contributed by atoms with Crippen molar-refractivity contribution in [2.24, 2.45) is 4.99 Å². The normalized spacial score (nSPS) is 16.3. The summed E-state index contributed by atoms with van der Waals surface area (Å²) in [4.78, 5) is 4.82. The second-order valence-electron chi connectivity index (χ2n) is 7.35. The Morgan fingerprint density at radius 1 is 1.00 bits per heavy atom. The van der Waals surface area contributed by atoms with E-state index in [0.717, 1.165) is 56.4 Å². The van der Waals surface area contributed by atoms with Crippen molar-refractivity contribution in [3.8, 4) is 5.75 Å². The van der Waals surface area contributed by atoms with Crippen molar-refractivity contribution in [3.05, 3.63) is 65.7 Å². The van der Waals surface area contributed by atoms with Crippen LogP contribution < -0.4 is 15.4 Å². The molecule has 0 spiro atoms. The van der Waals surface area contributed by atoms with Crippen LogP contribution in [0.25, 0.3) is 0 Å². The molecule has 2 aromatic carbocycles. The number of hydrogen-bond acceptors (Lipinski definition) is 3. The van der Waals surface area contributed by atoms with Crippen molar-refractivity contribution in [1.82, 2.24) is 10.6 Å². The van der Waals surface area contributed by atoms with Gasteiger partial charge in [0.15, 0.2) is 5.96 Å². The van der Waals surface area contributed by atoms with Crippen LogP contribution in [0.3, 0.4) is 0 Å². The molecule has 0 amide bonds. The second kappa shape index (κ2) is 10.9. The van der Waals surface area contributed by atoms with Gasteiger partial charge in [-0.25, -0.2) is 4.99 Å². The number of nitrogens with one attached hydrogen (secondary N) is 2. The summed E-state index contributed by atoms with van der Waals surface area (Å²) in [6.45, 7) is 8.57. The Morgan fingerprint density at radius 2 is 1.72 bits per heavy atom. The van der Waals surface area contributed by atoms with Gasteiger partial charge in [0.25, 0.3) is 0 Å². The summed E-state index contributed by atoms with van der Waals surface area (Å²) in [7, 11) is 0. The lowest BCUT2D eigenvalue weighted by Crippen LogP contribution is -2.48. The van der Waals surface area contributed by atoms with Crippen molar-refractivity contribution in [2.45, 2.75) is 38.6 Å². The zero-order chi connectivity index (χ0) is 20.4. The van der Waals surface area contributed by atoms with Crippen LogP contribution in [0, 0.1) is 0 Å². The van der Waals surface area contributed by atoms with E-state index in [2.05, 4.69) is 54.0 Å². The predicted octanol–water partition coefficient (Wildman–Crippen LogP) is 3.89. The van der Waals surface area contributed by atoms with E-state index in [1.165, 1.54) is 5.56 Å². The van der Waals surface area contributed by atoms with Gasteiger partial charge in [-0.1, -0.05) is 48.5 Å². The van der Waals surface area contributed by atoms with Crippen LogP contribution >= 0.6 is 0 Å². The molecular weight excluding hydrogens is 362 g/mol. The van der Waals surface area contributed by atoms with E-state index < -0.39 is 0 Å². The third kappa shape index (κ3) is 5.73. The zero-order valence-corrected chi connectivity index (χ0v) is 17.6. The Kier molecular flexibility index (Phi) is 7.94. The average Bonchev–Trinajstić information content (AvgIpc) is 2.78. The molecule has 0 atom stereocenters. The minimum Gasteiger partial charge on any atom is -0.494 e. The maximum Gasteiger partial charge on any atom is 0.191 e. The summed E-state index contributed by atoms with van der Waals surface area (Å²) >= 11 is 0. The highest BCUT2D eigenvalue weighted by Gasteiger charge is 2.34. The van der Waals surface area contributed by atoms with E-state index in [0.29, 0.717) is 13.2 Å². The number of nitrogens with zero attached hydrogens (tertiary/aromatic N) is 1. The molecule has 1 aliphatic rings. The lowest BCUT2D eigenvalue weighted by atomic mass is 9.74. The Bertz CT molecular complexity index is 771. The lowest BCUT2D eigenvalue weighted by Gasteiger charge is -2.38. The Balaban J connectivity index is 1.73. The van der Waals surface area contributed by atoms with Crippen molar-refractivity contribution in [2.75, 3.05) is 32.9 Å². The van der Waals surface area contributed by atoms with Crippen molar-refractivity contribution in [3.63, 3.8) is 0 Å². The van der Waals surface area contributed by atoms with Gasteiger partial charge in [0.05, 0.1) is 13.2 Å². The van der Waals surface area contributed by atoms with Crippen molar-refractivity contribution < 1.29 is 9.47 Å². The lowest BCUT2D eigenvalue weighted by molar-refractivity contribution is 0.0514. The van der Waals surface area contributed by atoms with Gasteiger partial charge in [0.2, 0.25) is 0 Å². The zero-order valence-electron chi connectivity index (χ0n) is 17.6. The van der Waals surface area contributed by atoms with E-state index in [-0.39, 0.29) is 5.41 Å². The van der Waals surface area contributed by atoms with E-state index in [1.54, 1.807) is 0 Å². The Labute approximate surface area is 174 Å². The number of rotatable bonds is 8. The van der Waals surface area contributed by atoms with E-state index >= 15 is 0 Å². The van der Waals surface area contributed by atoms with Gasteiger partial charge in [0.1, 0.15) is 5.75 Å². The molecule has 0 bridgehead atoms. The molecule has 0 unspecified atom stereocenters. The van der Waals surface area contributed by atoms with Crippen LogP contribution in [-0.4, -0.2) is 38.9 Å². The first-order valence-electron chi connectivity index (χ1n) is 10.6. The average molecular weight is 396 g/mol. The molecule has 0 saturated carbocycles. The molecule has 1 saturated heterocycles. The summed E-state index contributed by atoms with van der Waals surface area (Å²) in [5, 5.41) is 6.97. The number of hydrogen-bond donors (Lipinski definition) is 2. The maximum atomic E-state index is 5.73. The molecule has 1 fully saturated rings. The molecule has 29 heavy (non-hydrogen) atoms. The molecule has 2 N–H and O–H groups in total. The SMILES string of the molecule is CCNC(=NCc1ccccc1OCC)NCC1(c2ccccc2)CCOCC1. The van der Waals surface area contributed by atoms with Gasteiger partial charge < -0.3 is 20.1 Å². The van der Waals surface area contributed by atoms with Crippen LogP contribution in [0.15, 0.2) is 59.6 Å². The highest BCUT2D eigenvalue weighted by molar-refractivity contribution is 5.80. The first kappa shape index (κ1) is 21.2. The first-order chi connectivity index (χ1) is 14.3. The van der Waals surface area contributed by atoms with Gasteiger partial charge in [-0.05, 0) is 38.3 Å². The number of guanidine groups is 1. The maximum absolute atomic E-state index is 5.73. The van der Waals surface area contributed by atoms with Crippen LogP contribution in [0.5, 0.6) is 5.75 Å². The van der Waals surface area contributed by atoms with Crippen molar-refractivity contribution >= 4 is 5.96 Å². The largest absolute Gasteiger partial charge is 0.494 e. The summed E-state index contributed by atoms with van der Waals surface area (Å²) in [6.07, 6.45) is 2.02. The monoisotopic (exact) mass is 395 g/mol. The van der Waals surface area contributed by atoms with Gasteiger partial charge in [-0.2, -0.15) is 0 Å². The highest BCUT2D eigenvalue weighted by Crippen LogP contribution is 2.34. The molecule has 1 heterocycles. The van der Waals surface area contributed by atoms with Gasteiger partial charge in [-0.3, -0.25) is 0 Å². The molecule has 5 heteroatoms. The summed E-state index contributed by atoms with van der Waals surface area (Å²) < 4.78 is 11.4. The highest BCUT2D eigenvalue weighted by atomic mass is 16.5. The topological polar surface area (TPSA) is 54.9 Å². The van der Waals surface area contributed by atoms with Crippen LogP contribution in [0.1, 0.15) is 37.8 Å². The Hall–Kier alpha value is -2.53. The molecule has 0 aromatic heterocycles. The van der Waals surface area contributed by atoms with Crippen LogP contribution in [-0.2, 0) is 16.7 Å². The van der Waals surface area contributed by atoms with E-state index in [9.17, 15) is 0 Å². The fourth-order valence-corrected chi connectivity index (χ4v) is 3.81. The van der Waals surface area contributed by atoms with E-state index in [1.807, 2.05) is 25.1 Å². The molecule has 156 valence electrons. The quantitative estimate of drug-likeness (QED) is 0.526. The molecule has 0 aliphatic carbocycles. The summed E-state index contributed by atoms with van der Waals surface area (Å²) in [5.41, 5.74) is 2.53. The van der Waals surface area contributed by atoms with Gasteiger partial charge >= 0.3 is 0 Å². The second-order valence-corrected chi connectivity index (χ2v) is 7.35. The number of ether oxygens (including phenoxy) is 2. The standard InChI is InChI=1S/C24H33N3O2/c1-3-25-23(26-18-20-10-8-9-13-22(20)29-4-2)27-19-24(14-16-28-17-15-24)21-11-6-5-7-12-21/h5-13H,3-4,14-19H2,1-2H3,(H2,25,26,27). The molecule has 0 radical (unpaired) electrons. The Morgan fingerprint density at radius 3 is 2.45 bits per heavy atom. The smallest absolute Gasteiger partial charge is 0.191 e.